The zero-order chi connectivity index (χ0) is 13.8. The molecule has 20 heavy (non-hydrogen) atoms. The Balaban J connectivity index is 1.60. The van der Waals surface area contributed by atoms with Gasteiger partial charge in [0, 0.05) is 11.8 Å². The number of nitrogens with one attached hydrogen (secondary N) is 1. The van der Waals surface area contributed by atoms with Gasteiger partial charge < -0.3 is 19.6 Å². The van der Waals surface area contributed by atoms with Gasteiger partial charge in [0.1, 0.15) is 5.82 Å². The molecule has 0 saturated heterocycles. The molecule has 1 aromatic carbocycles. The van der Waals surface area contributed by atoms with E-state index < -0.39 is 0 Å². The summed E-state index contributed by atoms with van der Waals surface area (Å²) in [6.07, 6.45) is 1.68. The molecule has 104 valence electrons. The summed E-state index contributed by atoms with van der Waals surface area (Å²) in [7, 11) is 0. The van der Waals surface area contributed by atoms with E-state index in [-0.39, 0.29) is 6.79 Å². The van der Waals surface area contributed by atoms with Crippen LogP contribution in [-0.4, -0.2) is 11.8 Å². The number of benzene rings is 1. The monoisotopic (exact) mass is 273 g/mol. The molecule has 0 bridgehead atoms. The van der Waals surface area contributed by atoms with Crippen molar-refractivity contribution in [3.05, 3.63) is 47.7 Å². The molecule has 1 aliphatic rings. The van der Waals surface area contributed by atoms with Crippen LogP contribution < -0.4 is 20.7 Å². The Kier molecular flexibility index (Phi) is 3.67. The number of hydrazine groups is 1. The highest BCUT2D eigenvalue weighted by Crippen LogP contribution is 2.32. The van der Waals surface area contributed by atoms with Crippen molar-refractivity contribution in [1.29, 1.82) is 0 Å². The van der Waals surface area contributed by atoms with Gasteiger partial charge in [0.15, 0.2) is 11.5 Å². The molecule has 0 aliphatic carbocycles. The average Bonchev–Trinajstić information content (AvgIpc) is 2.95. The Morgan fingerprint density at radius 3 is 3.00 bits per heavy atom. The van der Waals surface area contributed by atoms with Crippen molar-refractivity contribution in [3.63, 3.8) is 0 Å². The van der Waals surface area contributed by atoms with Crippen molar-refractivity contribution in [2.45, 2.75) is 13.2 Å². The third kappa shape index (κ3) is 2.66. The first-order chi connectivity index (χ1) is 9.86. The largest absolute Gasteiger partial charge is 0.454 e. The van der Waals surface area contributed by atoms with E-state index in [0.29, 0.717) is 19.0 Å². The summed E-state index contributed by atoms with van der Waals surface area (Å²) in [6, 6.07) is 9.53. The fourth-order valence-corrected chi connectivity index (χ4v) is 1.99. The Bertz CT molecular complexity index is 604. The first kappa shape index (κ1) is 12.7. The fraction of sp³-hybridized carbons (Fsp3) is 0.214. The first-order valence-electron chi connectivity index (χ1n) is 6.23. The summed E-state index contributed by atoms with van der Waals surface area (Å²) in [4.78, 5) is 4.12. The summed E-state index contributed by atoms with van der Waals surface area (Å²) >= 11 is 0. The van der Waals surface area contributed by atoms with Crippen molar-refractivity contribution in [2.24, 2.45) is 5.84 Å². The molecule has 6 nitrogen and oxygen atoms in total. The predicted octanol–water partition coefficient (Wildman–Crippen LogP) is 1.81. The molecule has 1 aromatic heterocycles. The lowest BCUT2D eigenvalue weighted by molar-refractivity contribution is 0.107. The lowest BCUT2D eigenvalue weighted by atomic mass is 10.2. The van der Waals surface area contributed by atoms with Crippen LogP contribution in [0, 0.1) is 0 Å². The van der Waals surface area contributed by atoms with Crippen LogP contribution in [0.1, 0.15) is 11.1 Å². The Morgan fingerprint density at radius 2 is 2.10 bits per heavy atom. The summed E-state index contributed by atoms with van der Waals surface area (Å²) in [5, 5.41) is 0. The number of fused-ring (bicyclic) bond motifs is 1. The van der Waals surface area contributed by atoms with Crippen LogP contribution in [0.3, 0.4) is 0 Å². The van der Waals surface area contributed by atoms with Crippen molar-refractivity contribution >= 4 is 5.82 Å². The van der Waals surface area contributed by atoms with E-state index in [1.54, 1.807) is 6.20 Å². The van der Waals surface area contributed by atoms with Crippen LogP contribution >= 0.6 is 0 Å². The summed E-state index contributed by atoms with van der Waals surface area (Å²) < 4.78 is 16.3. The second-order valence-electron chi connectivity index (χ2n) is 4.34. The number of hydrogen-bond donors (Lipinski definition) is 2. The van der Waals surface area contributed by atoms with E-state index in [4.69, 9.17) is 20.1 Å². The van der Waals surface area contributed by atoms with Gasteiger partial charge in [0.2, 0.25) is 6.79 Å². The van der Waals surface area contributed by atoms with Crippen molar-refractivity contribution in [3.8, 4) is 11.5 Å². The molecule has 2 heterocycles. The number of aromatic nitrogens is 1. The molecule has 3 N–H and O–H groups in total. The Hall–Kier alpha value is -2.31. The third-order valence-corrected chi connectivity index (χ3v) is 2.99. The minimum Gasteiger partial charge on any atom is -0.454 e. The van der Waals surface area contributed by atoms with E-state index in [1.165, 1.54) is 0 Å². The summed E-state index contributed by atoms with van der Waals surface area (Å²) in [5.74, 6) is 7.55. The van der Waals surface area contributed by atoms with Gasteiger partial charge in [-0.2, -0.15) is 0 Å². The Morgan fingerprint density at radius 1 is 1.20 bits per heavy atom. The zero-order valence-corrected chi connectivity index (χ0v) is 10.8. The van der Waals surface area contributed by atoms with Gasteiger partial charge in [-0.15, -0.1) is 0 Å². The van der Waals surface area contributed by atoms with Crippen molar-refractivity contribution in [2.75, 3.05) is 12.2 Å². The molecule has 1 aliphatic heterocycles. The normalized spacial score (nSPS) is 12.4. The van der Waals surface area contributed by atoms with Gasteiger partial charge in [0.05, 0.1) is 13.2 Å². The predicted molar refractivity (Wildman–Crippen MR) is 73.1 cm³/mol. The standard InChI is InChI=1S/C14H15N3O3/c15-17-14-11(2-1-5-16-14)8-18-7-10-3-4-12-13(6-10)20-9-19-12/h1-6H,7-9,15H2,(H,16,17). The second-order valence-corrected chi connectivity index (χ2v) is 4.34. The molecule has 0 radical (unpaired) electrons. The van der Waals surface area contributed by atoms with Crippen molar-refractivity contribution in [1.82, 2.24) is 4.98 Å². The number of nitrogens with zero attached hydrogens (tertiary/aromatic N) is 1. The summed E-state index contributed by atoms with van der Waals surface area (Å²) in [5.41, 5.74) is 4.49. The van der Waals surface area contributed by atoms with E-state index in [9.17, 15) is 0 Å². The van der Waals surface area contributed by atoms with Crippen LogP contribution in [-0.2, 0) is 18.0 Å². The highest BCUT2D eigenvalue weighted by atomic mass is 16.7. The molecule has 0 atom stereocenters. The van der Waals surface area contributed by atoms with Gasteiger partial charge in [-0.25, -0.2) is 10.8 Å². The van der Waals surface area contributed by atoms with Crippen LogP contribution in [0.4, 0.5) is 5.82 Å². The lowest BCUT2D eigenvalue weighted by Gasteiger charge is -2.08. The van der Waals surface area contributed by atoms with Gasteiger partial charge in [0.25, 0.3) is 0 Å². The summed E-state index contributed by atoms with van der Waals surface area (Å²) in [6.45, 7) is 1.19. The third-order valence-electron chi connectivity index (χ3n) is 2.99. The quantitative estimate of drug-likeness (QED) is 0.639. The van der Waals surface area contributed by atoms with Gasteiger partial charge >= 0.3 is 0 Å². The Labute approximate surface area is 116 Å². The van der Waals surface area contributed by atoms with Gasteiger partial charge in [-0.05, 0) is 23.8 Å². The van der Waals surface area contributed by atoms with Crippen LogP contribution in [0.5, 0.6) is 11.5 Å². The van der Waals surface area contributed by atoms with Crippen LogP contribution in [0.2, 0.25) is 0 Å². The average molecular weight is 273 g/mol. The molecular formula is C14H15N3O3. The highest BCUT2D eigenvalue weighted by Gasteiger charge is 2.13. The zero-order valence-electron chi connectivity index (χ0n) is 10.8. The highest BCUT2D eigenvalue weighted by molar-refractivity contribution is 5.44. The van der Waals surface area contributed by atoms with Crippen LogP contribution in [0.15, 0.2) is 36.5 Å². The van der Waals surface area contributed by atoms with Gasteiger partial charge in [-0.1, -0.05) is 12.1 Å². The maximum Gasteiger partial charge on any atom is 0.231 e. The van der Waals surface area contributed by atoms with E-state index >= 15 is 0 Å². The molecular weight excluding hydrogens is 258 g/mol. The minimum atomic E-state index is 0.279. The first-order valence-corrected chi connectivity index (χ1v) is 6.23. The number of hydrogen-bond acceptors (Lipinski definition) is 6. The van der Waals surface area contributed by atoms with Gasteiger partial charge in [-0.3, -0.25) is 0 Å². The SMILES string of the molecule is NNc1ncccc1COCc1ccc2c(c1)OCO2. The minimum absolute atomic E-state index is 0.279. The molecule has 3 rings (SSSR count). The number of nitrogens with two attached hydrogens (primary N) is 1. The number of anilines is 1. The smallest absolute Gasteiger partial charge is 0.231 e. The molecule has 0 amide bonds. The number of pyridine rings is 1. The molecule has 0 unspecified atom stereocenters. The molecule has 0 fully saturated rings. The molecule has 2 aromatic rings. The molecule has 6 heteroatoms. The molecule has 0 spiro atoms. The van der Waals surface area contributed by atoms with E-state index in [2.05, 4.69) is 10.4 Å². The second kappa shape index (κ2) is 5.77. The van der Waals surface area contributed by atoms with E-state index in [1.807, 2.05) is 30.3 Å². The lowest BCUT2D eigenvalue weighted by Crippen LogP contribution is -2.11. The van der Waals surface area contributed by atoms with E-state index in [0.717, 1.165) is 22.6 Å². The van der Waals surface area contributed by atoms with Crippen molar-refractivity contribution < 1.29 is 14.2 Å². The maximum absolute atomic E-state index is 5.68. The number of rotatable bonds is 5. The maximum atomic E-state index is 5.68. The number of nitrogen functional groups attached to an aromatic ring is 1. The van der Waals surface area contributed by atoms with Crippen LogP contribution in [0.25, 0.3) is 0 Å². The fourth-order valence-electron chi connectivity index (χ4n) is 1.99. The number of ether oxygens (including phenoxy) is 3. The topological polar surface area (TPSA) is 78.6 Å². The molecule has 0 saturated carbocycles.